The van der Waals surface area contributed by atoms with Gasteiger partial charge in [0.25, 0.3) is 0 Å². The van der Waals surface area contributed by atoms with Gasteiger partial charge in [-0.05, 0) is 28.8 Å². The normalized spacial score (nSPS) is 30.0. The first-order chi connectivity index (χ1) is 5.27. The molecule has 60 valence electrons. The molecule has 1 saturated carbocycles. The summed E-state index contributed by atoms with van der Waals surface area (Å²) < 4.78 is 2.79. The standard InChI is InChI=1S/C7H9BrN2O/c8-5-3-9-10(4-5)6-1-2-7(6)11/h3-4,6-7,11H,1-2H2. The van der Waals surface area contributed by atoms with Gasteiger partial charge in [0.2, 0.25) is 0 Å². The summed E-state index contributed by atoms with van der Waals surface area (Å²) in [6.07, 6.45) is 5.39. The van der Waals surface area contributed by atoms with E-state index in [1.165, 1.54) is 0 Å². The summed E-state index contributed by atoms with van der Waals surface area (Å²) in [7, 11) is 0. The maximum absolute atomic E-state index is 9.29. The highest BCUT2D eigenvalue weighted by Gasteiger charge is 2.30. The SMILES string of the molecule is OC1CCC1n1cc(Br)cn1. The van der Waals surface area contributed by atoms with E-state index >= 15 is 0 Å². The summed E-state index contributed by atoms with van der Waals surface area (Å²) >= 11 is 3.31. The van der Waals surface area contributed by atoms with E-state index in [2.05, 4.69) is 21.0 Å². The average molecular weight is 217 g/mol. The summed E-state index contributed by atoms with van der Waals surface area (Å²) in [6.45, 7) is 0. The molecule has 1 aromatic heterocycles. The molecule has 11 heavy (non-hydrogen) atoms. The van der Waals surface area contributed by atoms with Crippen LogP contribution >= 0.6 is 15.9 Å². The van der Waals surface area contributed by atoms with Crippen LogP contribution < -0.4 is 0 Å². The Morgan fingerprint density at radius 1 is 1.64 bits per heavy atom. The number of halogens is 1. The van der Waals surface area contributed by atoms with E-state index in [9.17, 15) is 5.11 Å². The van der Waals surface area contributed by atoms with Crippen molar-refractivity contribution in [3.63, 3.8) is 0 Å². The number of rotatable bonds is 1. The first kappa shape index (κ1) is 7.31. The van der Waals surface area contributed by atoms with Crippen molar-refractivity contribution in [1.82, 2.24) is 9.78 Å². The monoisotopic (exact) mass is 216 g/mol. The highest BCUT2D eigenvalue weighted by molar-refractivity contribution is 9.10. The Hall–Kier alpha value is -0.350. The van der Waals surface area contributed by atoms with Crippen molar-refractivity contribution >= 4 is 15.9 Å². The molecular weight excluding hydrogens is 208 g/mol. The Balaban J connectivity index is 2.16. The molecule has 1 aliphatic carbocycles. The molecule has 1 aromatic rings. The van der Waals surface area contributed by atoms with Gasteiger partial charge in [-0.1, -0.05) is 0 Å². The fraction of sp³-hybridized carbons (Fsp3) is 0.571. The quantitative estimate of drug-likeness (QED) is 0.770. The first-order valence-electron chi connectivity index (χ1n) is 3.65. The second kappa shape index (κ2) is 2.60. The smallest absolute Gasteiger partial charge is 0.0779 e. The second-order valence-electron chi connectivity index (χ2n) is 2.85. The van der Waals surface area contributed by atoms with Gasteiger partial charge in [-0.2, -0.15) is 5.10 Å². The van der Waals surface area contributed by atoms with Gasteiger partial charge >= 0.3 is 0 Å². The van der Waals surface area contributed by atoms with E-state index in [-0.39, 0.29) is 12.1 Å². The average Bonchev–Trinajstić information content (AvgIpc) is 2.33. The van der Waals surface area contributed by atoms with Gasteiger partial charge in [-0.3, -0.25) is 4.68 Å². The number of aromatic nitrogens is 2. The lowest BCUT2D eigenvalue weighted by Crippen LogP contribution is -2.33. The van der Waals surface area contributed by atoms with Gasteiger partial charge in [0, 0.05) is 6.20 Å². The van der Waals surface area contributed by atoms with Crippen LogP contribution in [0.5, 0.6) is 0 Å². The van der Waals surface area contributed by atoms with Gasteiger partial charge < -0.3 is 5.11 Å². The lowest BCUT2D eigenvalue weighted by Gasteiger charge is -2.32. The van der Waals surface area contributed by atoms with Crippen LogP contribution in [-0.4, -0.2) is 21.0 Å². The zero-order chi connectivity index (χ0) is 7.84. The fourth-order valence-corrected chi connectivity index (χ4v) is 1.57. The number of nitrogens with zero attached hydrogens (tertiary/aromatic N) is 2. The van der Waals surface area contributed by atoms with Crippen LogP contribution in [0.15, 0.2) is 16.9 Å². The zero-order valence-corrected chi connectivity index (χ0v) is 7.53. The minimum absolute atomic E-state index is 0.193. The van der Waals surface area contributed by atoms with Gasteiger partial charge in [0.1, 0.15) is 0 Å². The molecular formula is C7H9BrN2O. The van der Waals surface area contributed by atoms with Crippen molar-refractivity contribution in [3.8, 4) is 0 Å². The Labute approximate surface area is 73.2 Å². The molecule has 0 amide bonds. The minimum Gasteiger partial charge on any atom is -0.391 e. The lowest BCUT2D eigenvalue weighted by atomic mass is 9.89. The highest BCUT2D eigenvalue weighted by Crippen LogP contribution is 2.31. The topological polar surface area (TPSA) is 38.0 Å². The van der Waals surface area contributed by atoms with E-state index < -0.39 is 0 Å². The number of aliphatic hydroxyl groups is 1. The predicted octanol–water partition coefficient (Wildman–Crippen LogP) is 1.34. The molecule has 0 spiro atoms. The maximum atomic E-state index is 9.29. The second-order valence-corrected chi connectivity index (χ2v) is 3.77. The Morgan fingerprint density at radius 2 is 2.45 bits per heavy atom. The molecule has 0 radical (unpaired) electrons. The third kappa shape index (κ3) is 1.20. The molecule has 2 atom stereocenters. The highest BCUT2D eigenvalue weighted by atomic mass is 79.9. The van der Waals surface area contributed by atoms with Crippen molar-refractivity contribution in [2.45, 2.75) is 25.0 Å². The number of aliphatic hydroxyl groups excluding tert-OH is 1. The maximum Gasteiger partial charge on any atom is 0.0779 e. The molecule has 2 rings (SSSR count). The largest absolute Gasteiger partial charge is 0.391 e. The van der Waals surface area contributed by atoms with Gasteiger partial charge in [-0.25, -0.2) is 0 Å². The minimum atomic E-state index is -0.193. The zero-order valence-electron chi connectivity index (χ0n) is 5.94. The lowest BCUT2D eigenvalue weighted by molar-refractivity contribution is 0.0253. The summed E-state index contributed by atoms with van der Waals surface area (Å²) in [4.78, 5) is 0. The van der Waals surface area contributed by atoms with E-state index in [4.69, 9.17) is 0 Å². The van der Waals surface area contributed by atoms with Crippen molar-refractivity contribution in [1.29, 1.82) is 0 Å². The third-order valence-electron chi connectivity index (χ3n) is 2.11. The van der Waals surface area contributed by atoms with Crippen LogP contribution in [0.4, 0.5) is 0 Å². The molecule has 1 aliphatic rings. The molecule has 1 N–H and O–H groups in total. The molecule has 4 heteroatoms. The Kier molecular flexibility index (Phi) is 1.73. The number of hydrogen-bond acceptors (Lipinski definition) is 2. The Bertz CT molecular complexity index is 261. The summed E-state index contributed by atoms with van der Waals surface area (Å²) in [5, 5.41) is 13.4. The van der Waals surface area contributed by atoms with Crippen LogP contribution in [0.2, 0.25) is 0 Å². The first-order valence-corrected chi connectivity index (χ1v) is 4.44. The van der Waals surface area contributed by atoms with Gasteiger partial charge in [0.05, 0.1) is 22.8 Å². The molecule has 1 heterocycles. The molecule has 0 bridgehead atoms. The number of hydrogen-bond donors (Lipinski definition) is 1. The van der Waals surface area contributed by atoms with Gasteiger partial charge in [0.15, 0.2) is 0 Å². The van der Waals surface area contributed by atoms with Crippen LogP contribution in [0.3, 0.4) is 0 Å². The molecule has 2 unspecified atom stereocenters. The van der Waals surface area contributed by atoms with E-state index in [1.54, 1.807) is 6.20 Å². The van der Waals surface area contributed by atoms with Crippen LogP contribution in [0, 0.1) is 0 Å². The molecule has 0 aliphatic heterocycles. The molecule has 0 aromatic carbocycles. The van der Waals surface area contributed by atoms with Crippen LogP contribution in [-0.2, 0) is 0 Å². The van der Waals surface area contributed by atoms with Crippen LogP contribution in [0.1, 0.15) is 18.9 Å². The van der Waals surface area contributed by atoms with E-state index in [1.807, 2.05) is 10.9 Å². The van der Waals surface area contributed by atoms with E-state index in [0.29, 0.717) is 0 Å². The summed E-state index contributed by atoms with van der Waals surface area (Å²) in [6, 6.07) is 0.210. The molecule has 1 fully saturated rings. The third-order valence-corrected chi connectivity index (χ3v) is 2.52. The molecule has 3 nitrogen and oxygen atoms in total. The Morgan fingerprint density at radius 3 is 2.82 bits per heavy atom. The molecule has 0 saturated heterocycles. The van der Waals surface area contributed by atoms with Crippen molar-refractivity contribution in [2.24, 2.45) is 0 Å². The van der Waals surface area contributed by atoms with Crippen molar-refractivity contribution in [2.75, 3.05) is 0 Å². The summed E-state index contributed by atoms with van der Waals surface area (Å²) in [5.74, 6) is 0. The summed E-state index contributed by atoms with van der Waals surface area (Å²) in [5.41, 5.74) is 0. The van der Waals surface area contributed by atoms with E-state index in [0.717, 1.165) is 17.3 Å². The predicted molar refractivity (Wildman–Crippen MR) is 44.2 cm³/mol. The fourth-order valence-electron chi connectivity index (χ4n) is 1.27. The van der Waals surface area contributed by atoms with Crippen molar-refractivity contribution in [3.05, 3.63) is 16.9 Å². The van der Waals surface area contributed by atoms with Crippen molar-refractivity contribution < 1.29 is 5.11 Å². The van der Waals surface area contributed by atoms with Gasteiger partial charge in [-0.15, -0.1) is 0 Å². The van der Waals surface area contributed by atoms with Crippen LogP contribution in [0.25, 0.3) is 0 Å².